The summed E-state index contributed by atoms with van der Waals surface area (Å²) in [5.41, 5.74) is 1.97. The Balaban J connectivity index is 1.47. The van der Waals surface area contributed by atoms with Crippen LogP contribution in [0.2, 0.25) is 0 Å². The van der Waals surface area contributed by atoms with Gasteiger partial charge in [-0.2, -0.15) is 0 Å². The lowest BCUT2D eigenvalue weighted by Gasteiger charge is -2.10. The van der Waals surface area contributed by atoms with Gasteiger partial charge in [0.25, 0.3) is 11.3 Å². The Morgan fingerprint density at radius 2 is 1.90 bits per heavy atom. The van der Waals surface area contributed by atoms with Crippen molar-refractivity contribution in [2.45, 2.75) is 19.5 Å². The van der Waals surface area contributed by atoms with Crippen LogP contribution in [0.5, 0.6) is 5.75 Å². The number of carbonyl (C=O) groups excluding carboxylic acids is 1. The molecule has 0 saturated heterocycles. The standard InChI is InChI=1S/C22H20N4O4/c1-29-17-10-6-5-9-16(17)13-23-18(27)11-12-26-14-24-21-19(22(26)28)20(25-30-21)15-7-3-2-4-8-15/h2-10,14H,11-13H2,1H3,(H,23,27). The first-order valence-corrected chi connectivity index (χ1v) is 9.46. The number of aryl methyl sites for hydroxylation is 1. The topological polar surface area (TPSA) is 99.2 Å². The highest BCUT2D eigenvalue weighted by atomic mass is 16.5. The number of ether oxygens (including phenoxy) is 1. The summed E-state index contributed by atoms with van der Waals surface area (Å²) in [4.78, 5) is 29.4. The van der Waals surface area contributed by atoms with Gasteiger partial charge in [0.1, 0.15) is 23.2 Å². The Kier molecular flexibility index (Phi) is 5.56. The zero-order chi connectivity index (χ0) is 20.9. The Bertz CT molecular complexity index is 1230. The number of hydrogen-bond donors (Lipinski definition) is 1. The van der Waals surface area contributed by atoms with Crippen LogP contribution in [0.25, 0.3) is 22.4 Å². The third kappa shape index (κ3) is 3.93. The number of carbonyl (C=O) groups is 1. The molecule has 1 amide bonds. The van der Waals surface area contributed by atoms with E-state index in [1.165, 1.54) is 10.9 Å². The van der Waals surface area contributed by atoms with Crippen molar-refractivity contribution in [3.05, 3.63) is 76.8 Å². The van der Waals surface area contributed by atoms with Gasteiger partial charge in [0.15, 0.2) is 0 Å². The summed E-state index contributed by atoms with van der Waals surface area (Å²) in [7, 11) is 1.59. The summed E-state index contributed by atoms with van der Waals surface area (Å²) >= 11 is 0. The van der Waals surface area contributed by atoms with Crippen molar-refractivity contribution in [1.29, 1.82) is 0 Å². The molecule has 2 aromatic heterocycles. The molecule has 8 heteroatoms. The third-order valence-electron chi connectivity index (χ3n) is 4.76. The van der Waals surface area contributed by atoms with Gasteiger partial charge in [0, 0.05) is 30.6 Å². The second kappa shape index (κ2) is 8.60. The fourth-order valence-corrected chi connectivity index (χ4v) is 3.19. The molecule has 8 nitrogen and oxygen atoms in total. The molecule has 1 N–H and O–H groups in total. The zero-order valence-electron chi connectivity index (χ0n) is 16.4. The number of rotatable bonds is 7. The Morgan fingerprint density at radius 3 is 2.70 bits per heavy atom. The summed E-state index contributed by atoms with van der Waals surface area (Å²) in [6.45, 7) is 0.539. The van der Waals surface area contributed by atoms with E-state index in [0.29, 0.717) is 23.4 Å². The minimum absolute atomic E-state index is 0.133. The number of aromatic nitrogens is 3. The molecule has 152 valence electrons. The normalized spacial score (nSPS) is 10.8. The second-order valence-electron chi connectivity index (χ2n) is 6.66. The molecule has 0 saturated carbocycles. The van der Waals surface area contributed by atoms with E-state index in [1.807, 2.05) is 54.6 Å². The monoisotopic (exact) mass is 404 g/mol. The van der Waals surface area contributed by atoms with Gasteiger partial charge in [-0.15, -0.1) is 0 Å². The minimum Gasteiger partial charge on any atom is -0.496 e. The van der Waals surface area contributed by atoms with E-state index in [-0.39, 0.29) is 30.1 Å². The molecule has 4 rings (SSSR count). The highest BCUT2D eigenvalue weighted by molar-refractivity contribution is 5.88. The van der Waals surface area contributed by atoms with Crippen molar-refractivity contribution in [2.75, 3.05) is 7.11 Å². The van der Waals surface area contributed by atoms with Crippen molar-refractivity contribution in [3.8, 4) is 17.0 Å². The molecule has 0 atom stereocenters. The number of nitrogens with one attached hydrogen (secondary N) is 1. The van der Waals surface area contributed by atoms with Gasteiger partial charge in [0.2, 0.25) is 5.91 Å². The smallest absolute Gasteiger partial charge is 0.266 e. The first-order valence-electron chi connectivity index (χ1n) is 9.46. The molecule has 2 heterocycles. The molecule has 0 aliphatic rings. The predicted octanol–water partition coefficient (Wildman–Crippen LogP) is 2.77. The summed E-state index contributed by atoms with van der Waals surface area (Å²) in [6.07, 6.45) is 1.51. The molecule has 0 fully saturated rings. The molecular formula is C22H20N4O4. The Hall–Kier alpha value is -3.94. The van der Waals surface area contributed by atoms with Crippen LogP contribution in [-0.4, -0.2) is 27.7 Å². The van der Waals surface area contributed by atoms with E-state index >= 15 is 0 Å². The van der Waals surface area contributed by atoms with Crippen LogP contribution in [0, 0.1) is 0 Å². The lowest BCUT2D eigenvalue weighted by atomic mass is 10.1. The van der Waals surface area contributed by atoms with Gasteiger partial charge in [-0.1, -0.05) is 53.7 Å². The molecular weight excluding hydrogens is 384 g/mol. The SMILES string of the molecule is COc1ccccc1CNC(=O)CCn1cnc2onc(-c3ccccc3)c2c1=O. The zero-order valence-corrected chi connectivity index (χ0v) is 16.4. The van der Waals surface area contributed by atoms with Crippen molar-refractivity contribution in [2.24, 2.45) is 0 Å². The maximum atomic E-state index is 12.9. The van der Waals surface area contributed by atoms with Gasteiger partial charge in [-0.05, 0) is 6.07 Å². The first-order chi connectivity index (χ1) is 14.7. The summed E-state index contributed by atoms with van der Waals surface area (Å²) in [6, 6.07) is 16.8. The van der Waals surface area contributed by atoms with Crippen molar-refractivity contribution < 1.29 is 14.1 Å². The highest BCUT2D eigenvalue weighted by Crippen LogP contribution is 2.23. The number of hydrogen-bond acceptors (Lipinski definition) is 6. The van der Waals surface area contributed by atoms with Crippen LogP contribution in [-0.2, 0) is 17.9 Å². The van der Waals surface area contributed by atoms with E-state index in [2.05, 4.69) is 15.5 Å². The molecule has 0 aliphatic carbocycles. The molecule has 0 aliphatic heterocycles. The molecule has 4 aromatic rings. The average molecular weight is 404 g/mol. The maximum Gasteiger partial charge on any atom is 0.266 e. The van der Waals surface area contributed by atoms with Crippen LogP contribution in [0.15, 0.2) is 70.2 Å². The fourth-order valence-electron chi connectivity index (χ4n) is 3.19. The fraction of sp³-hybridized carbons (Fsp3) is 0.182. The third-order valence-corrected chi connectivity index (χ3v) is 4.76. The maximum absolute atomic E-state index is 12.9. The van der Waals surface area contributed by atoms with Crippen LogP contribution < -0.4 is 15.6 Å². The number of amides is 1. The Morgan fingerprint density at radius 1 is 1.13 bits per heavy atom. The number of methoxy groups -OCH3 is 1. The quantitative estimate of drug-likeness (QED) is 0.509. The van der Waals surface area contributed by atoms with Crippen LogP contribution >= 0.6 is 0 Å². The number of para-hydroxylation sites is 1. The summed E-state index contributed by atoms with van der Waals surface area (Å²) < 4.78 is 11.9. The van der Waals surface area contributed by atoms with Gasteiger partial charge < -0.3 is 14.6 Å². The van der Waals surface area contributed by atoms with Gasteiger partial charge in [-0.25, -0.2) is 4.98 Å². The van der Waals surface area contributed by atoms with Crippen molar-refractivity contribution in [1.82, 2.24) is 20.0 Å². The van der Waals surface area contributed by atoms with E-state index in [0.717, 1.165) is 11.1 Å². The van der Waals surface area contributed by atoms with E-state index in [4.69, 9.17) is 9.26 Å². The lowest BCUT2D eigenvalue weighted by Crippen LogP contribution is -2.27. The van der Waals surface area contributed by atoms with Gasteiger partial charge in [0.05, 0.1) is 7.11 Å². The molecule has 30 heavy (non-hydrogen) atoms. The summed E-state index contributed by atoms with van der Waals surface area (Å²) in [5.74, 6) is 0.533. The van der Waals surface area contributed by atoms with Crippen LogP contribution in [0.1, 0.15) is 12.0 Å². The molecule has 0 radical (unpaired) electrons. The second-order valence-corrected chi connectivity index (χ2v) is 6.66. The Labute approximate surface area is 172 Å². The van der Waals surface area contributed by atoms with Crippen LogP contribution in [0.3, 0.4) is 0 Å². The average Bonchev–Trinajstić information content (AvgIpc) is 3.23. The molecule has 0 bridgehead atoms. The highest BCUT2D eigenvalue weighted by Gasteiger charge is 2.17. The van der Waals surface area contributed by atoms with Crippen LogP contribution in [0.4, 0.5) is 0 Å². The minimum atomic E-state index is -0.294. The van der Waals surface area contributed by atoms with Crippen molar-refractivity contribution >= 4 is 17.0 Å². The van der Waals surface area contributed by atoms with E-state index in [1.54, 1.807) is 7.11 Å². The lowest BCUT2D eigenvalue weighted by molar-refractivity contribution is -0.121. The van der Waals surface area contributed by atoms with Gasteiger partial charge in [-0.3, -0.25) is 14.2 Å². The number of fused-ring (bicyclic) bond motifs is 1. The molecule has 0 spiro atoms. The van der Waals surface area contributed by atoms with E-state index in [9.17, 15) is 9.59 Å². The molecule has 0 unspecified atom stereocenters. The van der Waals surface area contributed by atoms with Gasteiger partial charge >= 0.3 is 0 Å². The first kappa shape index (κ1) is 19.4. The number of benzene rings is 2. The number of nitrogens with zero attached hydrogens (tertiary/aromatic N) is 3. The summed E-state index contributed by atoms with van der Waals surface area (Å²) in [5, 5.41) is 7.15. The predicted molar refractivity (Wildman–Crippen MR) is 111 cm³/mol. The van der Waals surface area contributed by atoms with E-state index < -0.39 is 0 Å². The largest absolute Gasteiger partial charge is 0.496 e. The molecule has 2 aromatic carbocycles. The van der Waals surface area contributed by atoms with Crippen molar-refractivity contribution in [3.63, 3.8) is 0 Å².